The molecule has 3 heterocycles. The summed E-state index contributed by atoms with van der Waals surface area (Å²) in [6, 6.07) is 8.18. The number of rotatable bonds is 3. The second-order valence-corrected chi connectivity index (χ2v) is 6.58. The van der Waals surface area contributed by atoms with Crippen molar-refractivity contribution in [3.63, 3.8) is 0 Å². The number of ether oxygens (including phenoxy) is 2. The SMILES string of the molecule is CC(C)c1nc2scc(-c3ccc4c(c3)OCO4)n2c1CC#N. The lowest BCUT2D eigenvalue weighted by Gasteiger charge is -2.07. The van der Waals surface area contributed by atoms with Crippen molar-refractivity contribution >= 4 is 16.3 Å². The summed E-state index contributed by atoms with van der Waals surface area (Å²) in [5, 5.41) is 11.3. The van der Waals surface area contributed by atoms with Gasteiger partial charge in [-0.05, 0) is 24.1 Å². The molecule has 6 heteroatoms. The van der Waals surface area contributed by atoms with E-state index in [1.807, 2.05) is 18.2 Å². The maximum Gasteiger partial charge on any atom is 0.231 e. The first-order valence-corrected chi connectivity index (χ1v) is 8.32. The zero-order valence-corrected chi connectivity index (χ0v) is 13.7. The number of aromatic nitrogens is 2. The molecule has 0 bridgehead atoms. The third-order valence-corrected chi connectivity index (χ3v) is 4.78. The van der Waals surface area contributed by atoms with Gasteiger partial charge in [0.25, 0.3) is 0 Å². The van der Waals surface area contributed by atoms with E-state index in [0.29, 0.717) is 6.42 Å². The molecule has 0 radical (unpaired) electrons. The molecule has 2 aromatic heterocycles. The van der Waals surface area contributed by atoms with Gasteiger partial charge >= 0.3 is 0 Å². The number of imidazole rings is 1. The smallest absolute Gasteiger partial charge is 0.231 e. The van der Waals surface area contributed by atoms with E-state index in [-0.39, 0.29) is 12.7 Å². The average molecular weight is 325 g/mol. The van der Waals surface area contributed by atoms with Gasteiger partial charge in [-0.1, -0.05) is 13.8 Å². The number of benzene rings is 1. The molecule has 1 aliphatic heterocycles. The number of hydrogen-bond acceptors (Lipinski definition) is 5. The third-order valence-electron chi connectivity index (χ3n) is 3.95. The molecule has 3 aromatic rings. The Hall–Kier alpha value is -2.52. The molecule has 116 valence electrons. The summed E-state index contributed by atoms with van der Waals surface area (Å²) in [6.45, 7) is 4.47. The average Bonchev–Trinajstić information content (AvgIpc) is 3.21. The van der Waals surface area contributed by atoms with Crippen LogP contribution in [-0.4, -0.2) is 16.2 Å². The lowest BCUT2D eigenvalue weighted by Crippen LogP contribution is -1.99. The maximum atomic E-state index is 9.21. The van der Waals surface area contributed by atoms with E-state index < -0.39 is 0 Å². The minimum absolute atomic E-state index is 0.264. The van der Waals surface area contributed by atoms with Crippen LogP contribution in [0.25, 0.3) is 16.2 Å². The fourth-order valence-electron chi connectivity index (χ4n) is 2.90. The Morgan fingerprint density at radius 1 is 1.35 bits per heavy atom. The van der Waals surface area contributed by atoms with Crippen LogP contribution in [0.3, 0.4) is 0 Å². The normalized spacial score (nSPS) is 13.0. The Labute approximate surface area is 137 Å². The molecule has 0 spiro atoms. The standard InChI is InChI=1S/C17H15N3O2S/c1-10(2)16-12(5-6-18)20-13(8-23-17(20)19-16)11-3-4-14-15(7-11)22-9-21-14/h3-4,7-8,10H,5,9H2,1-2H3. The summed E-state index contributed by atoms with van der Waals surface area (Å²) in [7, 11) is 0. The molecular formula is C17H15N3O2S. The third kappa shape index (κ3) is 2.16. The zero-order chi connectivity index (χ0) is 16.0. The Bertz CT molecular complexity index is 933. The number of fused-ring (bicyclic) bond motifs is 2. The monoisotopic (exact) mass is 325 g/mol. The molecule has 0 fully saturated rings. The highest BCUT2D eigenvalue weighted by atomic mass is 32.1. The van der Waals surface area contributed by atoms with E-state index in [2.05, 4.69) is 29.7 Å². The summed E-state index contributed by atoms with van der Waals surface area (Å²) in [6.07, 6.45) is 0.350. The topological polar surface area (TPSA) is 59.6 Å². The molecule has 5 nitrogen and oxygen atoms in total. The number of nitriles is 1. The highest BCUT2D eigenvalue weighted by Crippen LogP contribution is 2.38. The molecule has 0 atom stereocenters. The molecule has 0 aliphatic carbocycles. The van der Waals surface area contributed by atoms with Crippen molar-refractivity contribution in [3.8, 4) is 28.8 Å². The molecule has 0 saturated heterocycles. The van der Waals surface area contributed by atoms with Crippen LogP contribution in [0, 0.1) is 11.3 Å². The predicted octanol–water partition coefficient (Wildman–Crippen LogP) is 3.98. The predicted molar refractivity (Wildman–Crippen MR) is 88.0 cm³/mol. The zero-order valence-electron chi connectivity index (χ0n) is 12.9. The van der Waals surface area contributed by atoms with Crippen LogP contribution in [0.15, 0.2) is 23.6 Å². The lowest BCUT2D eigenvalue weighted by molar-refractivity contribution is 0.174. The summed E-state index contributed by atoms with van der Waals surface area (Å²) in [5.41, 5.74) is 4.05. The van der Waals surface area contributed by atoms with Crippen LogP contribution in [0.5, 0.6) is 11.5 Å². The summed E-state index contributed by atoms with van der Waals surface area (Å²) in [5.74, 6) is 1.81. The van der Waals surface area contributed by atoms with Crippen LogP contribution in [0.2, 0.25) is 0 Å². The second kappa shape index (κ2) is 5.28. The first-order chi connectivity index (χ1) is 11.2. The van der Waals surface area contributed by atoms with Crippen LogP contribution in [-0.2, 0) is 6.42 Å². The molecule has 4 rings (SSSR count). The maximum absolute atomic E-state index is 9.21. The van der Waals surface area contributed by atoms with E-state index in [9.17, 15) is 5.26 Å². The quantitative estimate of drug-likeness (QED) is 0.731. The van der Waals surface area contributed by atoms with Crippen LogP contribution in [0.4, 0.5) is 0 Å². The fourth-order valence-corrected chi connectivity index (χ4v) is 3.82. The van der Waals surface area contributed by atoms with Crippen molar-refractivity contribution in [1.82, 2.24) is 9.38 Å². The van der Waals surface area contributed by atoms with Crippen molar-refractivity contribution in [2.75, 3.05) is 6.79 Å². The molecule has 1 aromatic carbocycles. The van der Waals surface area contributed by atoms with Crippen LogP contribution >= 0.6 is 11.3 Å². The van der Waals surface area contributed by atoms with E-state index in [4.69, 9.17) is 14.5 Å². The van der Waals surface area contributed by atoms with Gasteiger partial charge in [-0.2, -0.15) is 5.26 Å². The molecule has 0 N–H and O–H groups in total. The second-order valence-electron chi connectivity index (χ2n) is 5.74. The van der Waals surface area contributed by atoms with Gasteiger partial charge in [0.05, 0.1) is 29.6 Å². The first kappa shape index (κ1) is 14.1. The van der Waals surface area contributed by atoms with Crippen molar-refractivity contribution in [1.29, 1.82) is 5.26 Å². The minimum atomic E-state index is 0.264. The summed E-state index contributed by atoms with van der Waals surface area (Å²) >= 11 is 1.59. The highest BCUT2D eigenvalue weighted by Gasteiger charge is 2.21. The Morgan fingerprint density at radius 3 is 2.96 bits per heavy atom. The van der Waals surface area contributed by atoms with E-state index >= 15 is 0 Å². The van der Waals surface area contributed by atoms with Crippen molar-refractivity contribution in [2.24, 2.45) is 0 Å². The Kier molecular flexibility index (Phi) is 3.24. The van der Waals surface area contributed by atoms with Crippen molar-refractivity contribution in [2.45, 2.75) is 26.2 Å². The minimum Gasteiger partial charge on any atom is -0.454 e. The largest absolute Gasteiger partial charge is 0.454 e. The van der Waals surface area contributed by atoms with Gasteiger partial charge in [0, 0.05) is 10.9 Å². The van der Waals surface area contributed by atoms with E-state index in [1.165, 1.54) is 0 Å². The van der Waals surface area contributed by atoms with E-state index in [1.54, 1.807) is 11.3 Å². The van der Waals surface area contributed by atoms with E-state index in [0.717, 1.165) is 39.1 Å². The van der Waals surface area contributed by atoms with Gasteiger partial charge in [0.2, 0.25) is 6.79 Å². The molecule has 0 saturated carbocycles. The van der Waals surface area contributed by atoms with Gasteiger partial charge in [0.1, 0.15) is 0 Å². The van der Waals surface area contributed by atoms with Crippen LogP contribution < -0.4 is 9.47 Å². The van der Waals surface area contributed by atoms with Crippen LogP contribution in [0.1, 0.15) is 31.2 Å². The summed E-state index contributed by atoms with van der Waals surface area (Å²) < 4.78 is 12.9. The molecular weight excluding hydrogens is 310 g/mol. The molecule has 1 aliphatic rings. The summed E-state index contributed by atoms with van der Waals surface area (Å²) in [4.78, 5) is 5.65. The highest BCUT2D eigenvalue weighted by molar-refractivity contribution is 7.15. The first-order valence-electron chi connectivity index (χ1n) is 7.44. The fraction of sp³-hybridized carbons (Fsp3) is 0.294. The van der Waals surface area contributed by atoms with Gasteiger partial charge in [-0.3, -0.25) is 4.40 Å². The number of hydrogen-bond donors (Lipinski definition) is 0. The lowest BCUT2D eigenvalue weighted by atomic mass is 10.1. The molecule has 0 amide bonds. The Balaban J connectivity index is 1.92. The Morgan fingerprint density at radius 2 is 2.17 bits per heavy atom. The number of nitrogens with zero attached hydrogens (tertiary/aromatic N) is 3. The van der Waals surface area contributed by atoms with Gasteiger partial charge in [-0.15, -0.1) is 11.3 Å². The van der Waals surface area contributed by atoms with Crippen molar-refractivity contribution < 1.29 is 9.47 Å². The van der Waals surface area contributed by atoms with Crippen molar-refractivity contribution in [3.05, 3.63) is 35.0 Å². The number of thiazole rings is 1. The van der Waals surface area contributed by atoms with Gasteiger partial charge < -0.3 is 9.47 Å². The van der Waals surface area contributed by atoms with Gasteiger partial charge in [-0.25, -0.2) is 4.98 Å². The molecule has 23 heavy (non-hydrogen) atoms. The van der Waals surface area contributed by atoms with Gasteiger partial charge in [0.15, 0.2) is 16.5 Å². The molecule has 0 unspecified atom stereocenters.